The molecule has 0 fully saturated rings. The number of aliphatic hydroxyl groups is 1. The van der Waals surface area contributed by atoms with Gasteiger partial charge in [-0.05, 0) is 111 Å². The number of nitrogens with one attached hydrogen (secondary N) is 2. The van der Waals surface area contributed by atoms with E-state index >= 15 is 0 Å². The van der Waals surface area contributed by atoms with Crippen LogP contribution >= 0.6 is 34.8 Å². The van der Waals surface area contributed by atoms with E-state index in [4.69, 9.17) is 14.5 Å². The van der Waals surface area contributed by atoms with E-state index in [-0.39, 0.29) is 51.9 Å². The van der Waals surface area contributed by atoms with Gasteiger partial charge in [0.2, 0.25) is 11.9 Å². The minimum Gasteiger partial charge on any atom is -0.495 e. The molecule has 7 aromatic rings. The fraction of sp³-hybridized carbons (Fsp3) is 0.293. The number of anilines is 6. The predicted molar refractivity (Wildman–Crippen MR) is 265 cm³/mol. The summed E-state index contributed by atoms with van der Waals surface area (Å²) in [6.07, 6.45) is 0. The zero-order valence-corrected chi connectivity index (χ0v) is 41.4. The van der Waals surface area contributed by atoms with E-state index in [2.05, 4.69) is 59.6 Å². The van der Waals surface area contributed by atoms with E-state index < -0.39 is 30.0 Å². The number of rotatable bonds is 21. The molecule has 0 saturated carbocycles. The number of aliphatic hydroxyl groups excluding tert-OH is 1. The van der Waals surface area contributed by atoms with Crippen LogP contribution in [-0.2, 0) is 20.2 Å². The van der Waals surface area contributed by atoms with Crippen molar-refractivity contribution in [1.82, 2.24) is 23.7 Å². The van der Waals surface area contributed by atoms with Crippen molar-refractivity contribution in [3.8, 4) is 11.5 Å². The Hall–Kier alpha value is -6.20. The number of fused-ring (bicyclic) bond motifs is 2. The van der Waals surface area contributed by atoms with Crippen LogP contribution < -0.4 is 29.9 Å². The van der Waals surface area contributed by atoms with E-state index in [1.54, 1.807) is 12.1 Å². The number of aromatic nitrogens is 5. The van der Waals surface area contributed by atoms with Gasteiger partial charge in [-0.15, -0.1) is 20.5 Å². The Balaban J connectivity index is 1.28. The van der Waals surface area contributed by atoms with Gasteiger partial charge in [0.1, 0.15) is 32.7 Å². The molecule has 0 aliphatic heterocycles. The number of benzene rings is 4. The van der Waals surface area contributed by atoms with Gasteiger partial charge in [0.05, 0.1) is 43.2 Å². The van der Waals surface area contributed by atoms with Crippen LogP contribution in [0, 0.1) is 0 Å². The fourth-order valence-corrected chi connectivity index (χ4v) is 10.1. The molecule has 0 amide bonds. The number of methoxy groups -OCH3 is 2. The molecule has 7 rings (SSSR count). The van der Waals surface area contributed by atoms with Crippen molar-refractivity contribution in [2.45, 2.75) is 42.6 Å². The molecule has 0 aliphatic rings. The first-order chi connectivity index (χ1) is 32.6. The third kappa shape index (κ3) is 11.2. The summed E-state index contributed by atoms with van der Waals surface area (Å²) in [4.78, 5) is 17.6. The molecule has 68 heavy (non-hydrogen) atoms. The lowest BCUT2D eigenvalue weighted by Gasteiger charge is -2.22. The van der Waals surface area contributed by atoms with Gasteiger partial charge in [0.25, 0.3) is 20.2 Å². The van der Waals surface area contributed by atoms with Crippen LogP contribution in [-0.4, -0.2) is 108 Å². The van der Waals surface area contributed by atoms with Gasteiger partial charge in [-0.2, -0.15) is 40.5 Å². The average molecular weight is 1020 g/mol. The van der Waals surface area contributed by atoms with Crippen LogP contribution in [0.3, 0.4) is 0 Å². The molecule has 0 bridgehead atoms. The Kier molecular flexibility index (Phi) is 15.6. The fourth-order valence-electron chi connectivity index (χ4n) is 6.84. The van der Waals surface area contributed by atoms with Crippen molar-refractivity contribution >= 4 is 133 Å². The first kappa shape index (κ1) is 49.7. The van der Waals surface area contributed by atoms with Gasteiger partial charge >= 0.3 is 0 Å². The van der Waals surface area contributed by atoms with Gasteiger partial charge in [-0.3, -0.25) is 9.11 Å². The second kappa shape index (κ2) is 21.4. The van der Waals surface area contributed by atoms with Crippen LogP contribution in [0.25, 0.3) is 21.8 Å². The van der Waals surface area contributed by atoms with E-state index in [1.165, 1.54) is 50.2 Å². The molecule has 3 heterocycles. The van der Waals surface area contributed by atoms with E-state index in [0.717, 1.165) is 34.4 Å². The van der Waals surface area contributed by atoms with Gasteiger partial charge in [0.15, 0.2) is 15.2 Å². The lowest BCUT2D eigenvalue weighted by atomic mass is 10.2. The van der Waals surface area contributed by atoms with Crippen LogP contribution in [0.15, 0.2) is 96.1 Å². The molecule has 0 radical (unpaired) electrons. The normalized spacial score (nSPS) is 12.1. The second-order valence-corrected chi connectivity index (χ2v) is 19.5. The van der Waals surface area contributed by atoms with Crippen molar-refractivity contribution < 1.29 is 40.5 Å². The molecule has 0 aliphatic carbocycles. The number of hydrogen-bond acceptors (Lipinski definition) is 23. The maximum absolute atomic E-state index is 12.0. The highest BCUT2D eigenvalue weighted by Crippen LogP contribution is 2.42. The van der Waals surface area contributed by atoms with Crippen LogP contribution in [0.2, 0.25) is 0 Å². The van der Waals surface area contributed by atoms with Gasteiger partial charge in [0, 0.05) is 54.1 Å². The first-order valence-corrected chi connectivity index (χ1v) is 26.1. The molecule has 0 spiro atoms. The minimum atomic E-state index is -4.60. The Labute approximate surface area is 403 Å². The molecule has 4 aromatic carbocycles. The summed E-state index contributed by atoms with van der Waals surface area (Å²) in [5.74, 6) is 0.369. The summed E-state index contributed by atoms with van der Waals surface area (Å²) in [6, 6.07) is 16.4. The third-order valence-corrected chi connectivity index (χ3v) is 14.3. The van der Waals surface area contributed by atoms with Gasteiger partial charge < -0.3 is 35.0 Å². The summed E-state index contributed by atoms with van der Waals surface area (Å²) in [5.41, 5.74) is 4.02. The molecule has 0 unspecified atom stereocenters. The molecular formula is C41H45N13O9S5. The molecule has 3 aromatic heterocycles. The number of hydrogen-bond donors (Lipinski definition) is 5. The molecule has 22 nitrogen and oxygen atoms in total. The molecular weight excluding hydrogens is 979 g/mol. The summed E-state index contributed by atoms with van der Waals surface area (Å²) in [7, 11) is -6.62. The maximum Gasteiger partial charge on any atom is 0.298 e. The molecule has 0 saturated heterocycles. The maximum atomic E-state index is 12.0. The van der Waals surface area contributed by atoms with E-state index in [1.807, 2.05) is 52.0 Å². The average Bonchev–Trinajstić information content (AvgIpc) is 3.92. The molecule has 27 heteroatoms. The summed E-state index contributed by atoms with van der Waals surface area (Å²) >= 11 is 3.17. The highest BCUT2D eigenvalue weighted by Gasteiger charge is 2.23. The lowest BCUT2D eigenvalue weighted by Crippen LogP contribution is -2.21. The number of azo groups is 2. The monoisotopic (exact) mass is 1020 g/mol. The Bertz CT molecular complexity index is 3040. The number of ether oxygens (including phenoxy) is 2. The van der Waals surface area contributed by atoms with Crippen molar-refractivity contribution in [2.75, 3.05) is 73.2 Å². The zero-order chi connectivity index (χ0) is 48.8. The van der Waals surface area contributed by atoms with Crippen LogP contribution in [0.5, 0.6) is 11.5 Å². The summed E-state index contributed by atoms with van der Waals surface area (Å²) in [5, 5.41) is 36.4. The largest absolute Gasteiger partial charge is 0.495 e. The Morgan fingerprint density at radius 2 is 1.06 bits per heavy atom. The Morgan fingerprint density at radius 3 is 1.43 bits per heavy atom. The highest BCUT2D eigenvalue weighted by molar-refractivity contribution is 7.99. The van der Waals surface area contributed by atoms with Crippen molar-refractivity contribution in [3.05, 3.63) is 60.7 Å². The molecule has 0 atom stereocenters. The molecule has 358 valence electrons. The first-order valence-electron chi connectivity index (χ1n) is 20.7. The SMILES string of the molecule is CCN(CC)c1ccc(/N=N/c2snc3cc(S(=O)(=O)O)c(OC)cc23)c(Nc2nc(Nc3cc(N(CC)CC)ccc3/N=N/c3snc4cc(S(=O)(=O)O)c(OC)cc34)nc(SCCO)n2)c1. The van der Waals surface area contributed by atoms with Crippen LogP contribution in [0.4, 0.5) is 56.0 Å². The third-order valence-electron chi connectivity index (χ3n) is 10.2. The predicted octanol–water partition coefficient (Wildman–Crippen LogP) is 9.70. The topological polar surface area (TPSA) is 292 Å². The van der Waals surface area contributed by atoms with E-state index in [0.29, 0.717) is 69.7 Å². The smallest absolute Gasteiger partial charge is 0.298 e. The highest BCUT2D eigenvalue weighted by atomic mass is 32.2. The summed E-state index contributed by atoms with van der Waals surface area (Å²) in [6.45, 7) is 10.9. The van der Waals surface area contributed by atoms with Crippen molar-refractivity contribution in [3.63, 3.8) is 0 Å². The van der Waals surface area contributed by atoms with Gasteiger partial charge in [-0.1, -0.05) is 11.8 Å². The number of thioether (sulfide) groups is 1. The quantitative estimate of drug-likeness (QED) is 0.0254. The van der Waals surface area contributed by atoms with Gasteiger partial charge in [-0.25, -0.2) is 0 Å². The van der Waals surface area contributed by atoms with Crippen molar-refractivity contribution in [1.29, 1.82) is 0 Å². The Morgan fingerprint density at radius 1 is 0.632 bits per heavy atom. The molecule has 5 N–H and O–H groups in total. The standard InChI is InChI=1S/C41H45N13O9S5/c1-7-53(8-2)23-11-13-27(47-49-37-25-19-33(62-5)35(67(56,57)58)21-29(25)51-65-37)31(17-23)42-39-44-40(46-41(45-39)64-16-15-55)43-32-18-24(54(9-3)10-4)12-14-28(32)48-50-38-26-20-34(63-6)36(68(59,60)61)22-30(26)52-66-38/h11-14,17-22,55H,7-10,15-16H2,1-6H3,(H,56,57,58)(H,59,60,61)(H2,42,43,44,45,46)/b49-47+,50-48+. The minimum absolute atomic E-state index is 0.0831. The number of nitrogens with zero attached hydrogens (tertiary/aromatic N) is 11. The van der Waals surface area contributed by atoms with Crippen LogP contribution in [0.1, 0.15) is 27.7 Å². The van der Waals surface area contributed by atoms with E-state index in [9.17, 15) is 31.0 Å². The summed E-state index contributed by atoms with van der Waals surface area (Å²) < 4.78 is 86.8. The lowest BCUT2D eigenvalue weighted by molar-refractivity contribution is 0.322. The second-order valence-electron chi connectivity index (χ2n) is 14.2. The zero-order valence-electron chi connectivity index (χ0n) is 37.3. The van der Waals surface area contributed by atoms with Crippen molar-refractivity contribution in [2.24, 2.45) is 20.5 Å².